The summed E-state index contributed by atoms with van der Waals surface area (Å²) in [6.45, 7) is 8.21. The smallest absolute Gasteiger partial charge is 0.136 e. The fourth-order valence-corrected chi connectivity index (χ4v) is 1.75. The van der Waals surface area contributed by atoms with Crippen LogP contribution < -0.4 is 5.32 Å². The van der Waals surface area contributed by atoms with Crippen molar-refractivity contribution in [2.75, 3.05) is 5.32 Å². The molecule has 0 amide bonds. The zero-order valence-corrected chi connectivity index (χ0v) is 10.7. The van der Waals surface area contributed by atoms with Crippen LogP contribution in [-0.2, 0) is 0 Å². The molecule has 1 aromatic heterocycles. The number of nitrogens with zero attached hydrogens (tertiary/aromatic N) is 2. The van der Waals surface area contributed by atoms with Crippen LogP contribution in [0.15, 0.2) is 24.5 Å². The Balaban J connectivity index is 2.35. The number of anilines is 2. The molecule has 0 fully saturated rings. The van der Waals surface area contributed by atoms with E-state index in [2.05, 4.69) is 47.3 Å². The Kier molecular flexibility index (Phi) is 3.09. The van der Waals surface area contributed by atoms with Crippen molar-refractivity contribution in [3.05, 3.63) is 46.9 Å². The minimum absolute atomic E-state index is 0.879. The second kappa shape index (κ2) is 4.53. The second-order valence-corrected chi connectivity index (χ2v) is 4.38. The van der Waals surface area contributed by atoms with Crippen molar-refractivity contribution in [3.63, 3.8) is 0 Å². The molecule has 0 spiro atoms. The summed E-state index contributed by atoms with van der Waals surface area (Å²) in [6.07, 6.45) is 1.59. The summed E-state index contributed by atoms with van der Waals surface area (Å²) in [4.78, 5) is 8.44. The maximum atomic E-state index is 4.28. The average Bonchev–Trinajstić information content (AvgIpc) is 2.28. The molecule has 2 aromatic rings. The number of benzene rings is 1. The van der Waals surface area contributed by atoms with E-state index in [9.17, 15) is 0 Å². The number of nitrogens with one attached hydrogen (secondary N) is 1. The molecular formula is C14H17N3. The van der Waals surface area contributed by atoms with Crippen LogP contribution in [0.2, 0.25) is 0 Å². The van der Waals surface area contributed by atoms with Crippen molar-refractivity contribution in [1.82, 2.24) is 9.97 Å². The van der Waals surface area contributed by atoms with Gasteiger partial charge in [-0.25, -0.2) is 9.97 Å². The Labute approximate surface area is 102 Å². The van der Waals surface area contributed by atoms with Gasteiger partial charge in [0.25, 0.3) is 0 Å². The van der Waals surface area contributed by atoms with Gasteiger partial charge in [0, 0.05) is 16.9 Å². The predicted octanol–water partition coefficient (Wildman–Crippen LogP) is 3.45. The normalized spacial score (nSPS) is 10.4. The molecule has 1 heterocycles. The Hall–Kier alpha value is -1.90. The maximum Gasteiger partial charge on any atom is 0.136 e. The molecule has 88 valence electrons. The molecule has 0 saturated carbocycles. The Morgan fingerprint density at radius 1 is 1.00 bits per heavy atom. The molecule has 0 aliphatic carbocycles. The van der Waals surface area contributed by atoms with E-state index in [1.54, 1.807) is 6.33 Å². The molecule has 2 rings (SSSR count). The van der Waals surface area contributed by atoms with Gasteiger partial charge < -0.3 is 5.32 Å². The Morgan fingerprint density at radius 3 is 2.47 bits per heavy atom. The van der Waals surface area contributed by atoms with Gasteiger partial charge in [0.05, 0.1) is 0 Å². The van der Waals surface area contributed by atoms with E-state index in [-0.39, 0.29) is 0 Å². The summed E-state index contributed by atoms with van der Waals surface area (Å²) in [6, 6.07) is 6.34. The van der Waals surface area contributed by atoms with E-state index in [4.69, 9.17) is 0 Å². The first-order valence-corrected chi connectivity index (χ1v) is 5.70. The molecule has 1 aromatic carbocycles. The van der Waals surface area contributed by atoms with Gasteiger partial charge in [0.1, 0.15) is 12.1 Å². The topological polar surface area (TPSA) is 37.8 Å². The van der Waals surface area contributed by atoms with Gasteiger partial charge in [-0.3, -0.25) is 0 Å². The average molecular weight is 227 g/mol. The molecule has 0 bridgehead atoms. The van der Waals surface area contributed by atoms with E-state index < -0.39 is 0 Å². The molecule has 0 aliphatic rings. The molecule has 3 nitrogen and oxygen atoms in total. The van der Waals surface area contributed by atoms with Crippen LogP contribution in [0.4, 0.5) is 11.5 Å². The van der Waals surface area contributed by atoms with Crippen LogP contribution in [0, 0.1) is 27.7 Å². The highest BCUT2D eigenvalue weighted by Gasteiger charge is 2.05. The number of aromatic nitrogens is 2. The molecule has 0 unspecified atom stereocenters. The first kappa shape index (κ1) is 11.6. The van der Waals surface area contributed by atoms with Gasteiger partial charge >= 0.3 is 0 Å². The van der Waals surface area contributed by atoms with Crippen LogP contribution in [0.25, 0.3) is 0 Å². The van der Waals surface area contributed by atoms with Crippen molar-refractivity contribution in [3.8, 4) is 0 Å². The fraction of sp³-hybridized carbons (Fsp3) is 0.286. The standard InChI is InChI=1S/C14H17N3/c1-9-5-6-13(10(2)7-9)17-14-11(3)12(4)15-8-16-14/h5-8H,1-4H3,(H,15,16,17). The molecule has 17 heavy (non-hydrogen) atoms. The molecule has 0 saturated heterocycles. The highest BCUT2D eigenvalue weighted by atomic mass is 15.0. The summed E-state index contributed by atoms with van der Waals surface area (Å²) < 4.78 is 0. The van der Waals surface area contributed by atoms with Crippen LogP contribution in [0.5, 0.6) is 0 Å². The monoisotopic (exact) mass is 227 g/mol. The molecular weight excluding hydrogens is 210 g/mol. The quantitative estimate of drug-likeness (QED) is 0.853. The second-order valence-electron chi connectivity index (χ2n) is 4.38. The van der Waals surface area contributed by atoms with Gasteiger partial charge in [0.15, 0.2) is 0 Å². The first-order valence-electron chi connectivity index (χ1n) is 5.70. The predicted molar refractivity (Wildman–Crippen MR) is 70.7 cm³/mol. The number of aryl methyl sites for hydroxylation is 3. The van der Waals surface area contributed by atoms with E-state index >= 15 is 0 Å². The van der Waals surface area contributed by atoms with Crippen LogP contribution in [0.3, 0.4) is 0 Å². The van der Waals surface area contributed by atoms with Crippen molar-refractivity contribution in [2.24, 2.45) is 0 Å². The fourth-order valence-electron chi connectivity index (χ4n) is 1.75. The zero-order chi connectivity index (χ0) is 12.4. The van der Waals surface area contributed by atoms with Gasteiger partial charge in [-0.1, -0.05) is 17.7 Å². The van der Waals surface area contributed by atoms with Crippen molar-refractivity contribution < 1.29 is 0 Å². The van der Waals surface area contributed by atoms with Gasteiger partial charge in [-0.05, 0) is 39.3 Å². The molecule has 3 heteroatoms. The third kappa shape index (κ3) is 2.44. The lowest BCUT2D eigenvalue weighted by molar-refractivity contribution is 1.06. The third-order valence-corrected chi connectivity index (χ3v) is 2.97. The lowest BCUT2D eigenvalue weighted by Gasteiger charge is -2.12. The highest BCUT2D eigenvalue weighted by Crippen LogP contribution is 2.22. The Morgan fingerprint density at radius 2 is 1.76 bits per heavy atom. The maximum absolute atomic E-state index is 4.28. The van der Waals surface area contributed by atoms with Crippen molar-refractivity contribution in [2.45, 2.75) is 27.7 Å². The van der Waals surface area contributed by atoms with Crippen molar-refractivity contribution >= 4 is 11.5 Å². The minimum Gasteiger partial charge on any atom is -0.340 e. The number of rotatable bonds is 2. The molecule has 0 atom stereocenters. The zero-order valence-electron chi connectivity index (χ0n) is 10.7. The summed E-state index contributed by atoms with van der Waals surface area (Å²) >= 11 is 0. The molecule has 0 radical (unpaired) electrons. The van der Waals surface area contributed by atoms with E-state index in [0.717, 1.165) is 22.8 Å². The molecule has 0 aliphatic heterocycles. The Bertz CT molecular complexity index is 547. The molecule has 1 N–H and O–H groups in total. The van der Waals surface area contributed by atoms with Gasteiger partial charge in [-0.2, -0.15) is 0 Å². The van der Waals surface area contributed by atoms with E-state index in [1.807, 2.05) is 13.8 Å². The number of hydrogen-bond acceptors (Lipinski definition) is 3. The summed E-state index contributed by atoms with van der Waals surface area (Å²) in [5, 5.41) is 3.36. The summed E-state index contributed by atoms with van der Waals surface area (Å²) in [7, 11) is 0. The number of hydrogen-bond donors (Lipinski definition) is 1. The highest BCUT2D eigenvalue weighted by molar-refractivity contribution is 5.63. The van der Waals surface area contributed by atoms with Gasteiger partial charge in [-0.15, -0.1) is 0 Å². The first-order chi connectivity index (χ1) is 8.08. The SMILES string of the molecule is Cc1ccc(Nc2ncnc(C)c2C)c(C)c1. The van der Waals surface area contributed by atoms with E-state index in [0.29, 0.717) is 0 Å². The van der Waals surface area contributed by atoms with E-state index in [1.165, 1.54) is 11.1 Å². The minimum atomic E-state index is 0.879. The lowest BCUT2D eigenvalue weighted by Crippen LogP contribution is -2.01. The summed E-state index contributed by atoms with van der Waals surface area (Å²) in [5.74, 6) is 0.879. The summed E-state index contributed by atoms with van der Waals surface area (Å²) in [5.41, 5.74) is 5.68. The van der Waals surface area contributed by atoms with Crippen LogP contribution in [0.1, 0.15) is 22.4 Å². The van der Waals surface area contributed by atoms with Crippen LogP contribution in [-0.4, -0.2) is 9.97 Å². The van der Waals surface area contributed by atoms with Crippen molar-refractivity contribution in [1.29, 1.82) is 0 Å². The van der Waals surface area contributed by atoms with Gasteiger partial charge in [0.2, 0.25) is 0 Å². The van der Waals surface area contributed by atoms with Crippen LogP contribution >= 0.6 is 0 Å². The lowest BCUT2D eigenvalue weighted by atomic mass is 10.1. The largest absolute Gasteiger partial charge is 0.340 e. The third-order valence-electron chi connectivity index (χ3n) is 2.97.